The maximum Gasteiger partial charge on any atom is 0.247 e. The van der Waals surface area contributed by atoms with E-state index in [0.29, 0.717) is 12.2 Å². The van der Waals surface area contributed by atoms with Crippen LogP contribution in [0.4, 0.5) is 8.78 Å². The fourth-order valence-corrected chi connectivity index (χ4v) is 3.96. The number of carbonyl (C=O) groups excluding carboxylic acids is 1. The summed E-state index contributed by atoms with van der Waals surface area (Å²) in [6, 6.07) is 1.85. The third-order valence-corrected chi connectivity index (χ3v) is 4.95. The number of benzene rings is 1. The Hall–Kier alpha value is -0.990. The van der Waals surface area contributed by atoms with Crippen LogP contribution in [0.25, 0.3) is 0 Å². The van der Waals surface area contributed by atoms with Crippen LogP contribution in [0.2, 0.25) is 0 Å². The second-order valence-corrected chi connectivity index (χ2v) is 6.43. The number of rotatable bonds is 3. The summed E-state index contributed by atoms with van der Waals surface area (Å²) >= 11 is 0.996. The molecule has 1 aromatic rings. The molecule has 1 fully saturated rings. The molecule has 1 unspecified atom stereocenters. The molecule has 1 atom stereocenters. The molecule has 1 N–H and O–H groups in total. The molecule has 1 aliphatic rings. The number of hydrogen-bond acceptors (Lipinski definition) is 4. The Balaban J connectivity index is 2.34. The molecule has 0 amide bonds. The van der Waals surface area contributed by atoms with Crippen LogP contribution in [0.3, 0.4) is 0 Å². The zero-order chi connectivity index (χ0) is 13.3. The van der Waals surface area contributed by atoms with Crippen LogP contribution in [0.15, 0.2) is 23.1 Å². The summed E-state index contributed by atoms with van der Waals surface area (Å²) in [7, 11) is -4.37. The number of sulfonamides is 1. The highest BCUT2D eigenvalue weighted by molar-refractivity contribution is 8.14. The number of nitrogens with one attached hydrogen (secondary N) is 1. The van der Waals surface area contributed by atoms with Gasteiger partial charge < -0.3 is 0 Å². The summed E-state index contributed by atoms with van der Waals surface area (Å²) in [6.45, 7) is 0. The molecule has 1 aromatic carbocycles. The maximum atomic E-state index is 13.4. The number of halogens is 2. The van der Waals surface area contributed by atoms with Crippen molar-refractivity contribution in [1.82, 2.24) is 4.72 Å². The van der Waals surface area contributed by atoms with Crippen molar-refractivity contribution in [1.29, 1.82) is 0 Å². The van der Waals surface area contributed by atoms with Crippen molar-refractivity contribution in [2.45, 2.75) is 17.4 Å². The number of carbonyl (C=O) groups is 1. The van der Waals surface area contributed by atoms with Gasteiger partial charge in [0.05, 0.1) is 6.04 Å². The zero-order valence-electron chi connectivity index (χ0n) is 9.02. The lowest BCUT2D eigenvalue weighted by Crippen LogP contribution is -2.37. The van der Waals surface area contributed by atoms with Crippen molar-refractivity contribution in [2.75, 3.05) is 5.75 Å². The topological polar surface area (TPSA) is 63.2 Å². The monoisotopic (exact) mass is 293 g/mol. The first-order valence-corrected chi connectivity index (χ1v) is 7.51. The molecule has 0 aromatic heterocycles. The highest BCUT2D eigenvalue weighted by atomic mass is 32.2. The average molecular weight is 293 g/mol. The van der Waals surface area contributed by atoms with E-state index in [-0.39, 0.29) is 5.12 Å². The summed E-state index contributed by atoms with van der Waals surface area (Å²) in [5, 5.41) is -0.338. The van der Waals surface area contributed by atoms with Gasteiger partial charge in [0.1, 0.15) is 11.6 Å². The van der Waals surface area contributed by atoms with Gasteiger partial charge in [0.15, 0.2) is 4.90 Å². The minimum atomic E-state index is -4.37. The molecule has 1 aliphatic heterocycles. The summed E-state index contributed by atoms with van der Waals surface area (Å²) in [5.41, 5.74) is 0. The van der Waals surface area contributed by atoms with E-state index in [1.165, 1.54) is 0 Å². The molecular weight excluding hydrogens is 284 g/mol. The minimum Gasteiger partial charge on any atom is -0.285 e. The summed E-state index contributed by atoms with van der Waals surface area (Å²) in [6.07, 6.45) is 0.318. The first-order chi connectivity index (χ1) is 8.42. The van der Waals surface area contributed by atoms with Crippen molar-refractivity contribution >= 4 is 26.9 Å². The van der Waals surface area contributed by atoms with E-state index in [4.69, 9.17) is 0 Å². The molecule has 0 bridgehead atoms. The van der Waals surface area contributed by atoms with Gasteiger partial charge in [0.2, 0.25) is 15.1 Å². The Morgan fingerprint density at radius 1 is 1.28 bits per heavy atom. The Morgan fingerprint density at radius 2 is 1.89 bits per heavy atom. The van der Waals surface area contributed by atoms with Gasteiger partial charge in [-0.3, -0.25) is 4.79 Å². The Kier molecular flexibility index (Phi) is 3.69. The van der Waals surface area contributed by atoms with Gasteiger partial charge in [0.25, 0.3) is 0 Å². The fraction of sp³-hybridized carbons (Fsp3) is 0.300. The lowest BCUT2D eigenvalue weighted by atomic mass is 10.3. The minimum absolute atomic E-state index is 0.318. The van der Waals surface area contributed by atoms with Gasteiger partial charge in [-0.15, -0.1) is 0 Å². The molecule has 1 heterocycles. The van der Waals surface area contributed by atoms with Gasteiger partial charge in [-0.25, -0.2) is 17.2 Å². The highest BCUT2D eigenvalue weighted by Crippen LogP contribution is 2.23. The Labute approximate surface area is 107 Å². The predicted octanol–water partition coefficient (Wildman–Crippen LogP) is 1.28. The predicted molar refractivity (Wildman–Crippen MR) is 62.5 cm³/mol. The molecule has 0 radical (unpaired) electrons. The first-order valence-electron chi connectivity index (χ1n) is 5.05. The molecule has 18 heavy (non-hydrogen) atoms. The smallest absolute Gasteiger partial charge is 0.247 e. The maximum absolute atomic E-state index is 13.4. The molecule has 98 valence electrons. The zero-order valence-corrected chi connectivity index (χ0v) is 10.7. The van der Waals surface area contributed by atoms with Crippen molar-refractivity contribution in [3.8, 4) is 0 Å². The van der Waals surface area contributed by atoms with Crippen molar-refractivity contribution in [3.63, 3.8) is 0 Å². The lowest BCUT2D eigenvalue weighted by molar-refractivity contribution is -0.111. The van der Waals surface area contributed by atoms with E-state index in [9.17, 15) is 22.0 Å². The SMILES string of the molecule is O=C1SCCC1NS(=O)(=O)c1c(F)cccc1F. The van der Waals surface area contributed by atoms with E-state index < -0.39 is 32.6 Å². The molecule has 0 saturated carbocycles. The molecule has 0 aliphatic carbocycles. The van der Waals surface area contributed by atoms with Crippen molar-refractivity contribution in [3.05, 3.63) is 29.8 Å². The van der Waals surface area contributed by atoms with Crippen LogP contribution >= 0.6 is 11.8 Å². The van der Waals surface area contributed by atoms with E-state index >= 15 is 0 Å². The van der Waals surface area contributed by atoms with E-state index in [1.54, 1.807) is 0 Å². The summed E-state index contributed by atoms with van der Waals surface area (Å²) in [5.74, 6) is -1.87. The van der Waals surface area contributed by atoms with Gasteiger partial charge in [0, 0.05) is 5.75 Å². The fourth-order valence-electron chi connectivity index (χ4n) is 1.59. The van der Waals surface area contributed by atoms with E-state index in [0.717, 1.165) is 30.0 Å². The van der Waals surface area contributed by atoms with Gasteiger partial charge >= 0.3 is 0 Å². The Morgan fingerprint density at radius 3 is 2.39 bits per heavy atom. The summed E-state index contributed by atoms with van der Waals surface area (Å²) < 4.78 is 52.4. The second-order valence-electron chi connectivity index (χ2n) is 3.68. The highest BCUT2D eigenvalue weighted by Gasteiger charge is 2.32. The lowest BCUT2D eigenvalue weighted by Gasteiger charge is -2.12. The average Bonchev–Trinajstić information content (AvgIpc) is 2.63. The standard InChI is InChI=1S/C10H9F2NO3S2/c11-6-2-1-3-7(12)9(6)18(15,16)13-8-4-5-17-10(8)14/h1-3,8,13H,4-5H2. The van der Waals surface area contributed by atoms with Gasteiger partial charge in [-0.1, -0.05) is 17.8 Å². The van der Waals surface area contributed by atoms with Crippen LogP contribution in [-0.2, 0) is 14.8 Å². The molecule has 8 heteroatoms. The summed E-state index contributed by atoms with van der Waals surface area (Å²) in [4.78, 5) is 10.3. The molecule has 4 nitrogen and oxygen atoms in total. The Bertz CT molecular complexity index is 569. The second kappa shape index (κ2) is 4.94. The molecular formula is C10H9F2NO3S2. The van der Waals surface area contributed by atoms with Crippen LogP contribution in [0.5, 0.6) is 0 Å². The van der Waals surface area contributed by atoms with Crippen molar-refractivity contribution < 1.29 is 22.0 Å². The number of hydrogen-bond donors (Lipinski definition) is 1. The quantitative estimate of drug-likeness (QED) is 0.912. The van der Waals surface area contributed by atoms with Crippen LogP contribution in [0, 0.1) is 11.6 Å². The first kappa shape index (κ1) is 13.4. The molecule has 2 rings (SSSR count). The van der Waals surface area contributed by atoms with E-state index in [1.807, 2.05) is 4.72 Å². The van der Waals surface area contributed by atoms with Gasteiger partial charge in [-0.2, -0.15) is 4.72 Å². The molecule has 1 saturated heterocycles. The molecule has 0 spiro atoms. The van der Waals surface area contributed by atoms with Crippen molar-refractivity contribution in [2.24, 2.45) is 0 Å². The van der Waals surface area contributed by atoms with Crippen LogP contribution < -0.4 is 4.72 Å². The van der Waals surface area contributed by atoms with Crippen LogP contribution in [-0.4, -0.2) is 25.3 Å². The third-order valence-electron chi connectivity index (χ3n) is 2.42. The van der Waals surface area contributed by atoms with Crippen LogP contribution in [0.1, 0.15) is 6.42 Å². The van der Waals surface area contributed by atoms with E-state index in [2.05, 4.69) is 0 Å². The third kappa shape index (κ3) is 2.55. The number of thioether (sulfide) groups is 1. The normalized spacial score (nSPS) is 20.3. The van der Waals surface area contributed by atoms with Gasteiger partial charge in [-0.05, 0) is 18.6 Å². The largest absolute Gasteiger partial charge is 0.285 e.